The Labute approximate surface area is 169 Å². The molecule has 1 heterocycles. The number of hydrogen-bond acceptors (Lipinski definition) is 2. The van der Waals surface area contributed by atoms with Gasteiger partial charge in [-0.15, -0.1) is 0 Å². The molecule has 0 atom stereocenters. The molecular formula is C22H19ClN2OS. The molecule has 3 aromatic rings. The van der Waals surface area contributed by atoms with Crippen molar-refractivity contribution < 1.29 is 9.67 Å². The maximum absolute atomic E-state index is 13.3. The van der Waals surface area contributed by atoms with Crippen molar-refractivity contribution >= 4 is 46.0 Å². The van der Waals surface area contributed by atoms with E-state index in [0.29, 0.717) is 21.3 Å². The van der Waals surface area contributed by atoms with Crippen LogP contribution in [-0.4, -0.2) is 4.99 Å². The van der Waals surface area contributed by atoms with Crippen molar-refractivity contribution in [3.63, 3.8) is 0 Å². The third kappa shape index (κ3) is 4.54. The van der Waals surface area contributed by atoms with E-state index in [4.69, 9.17) is 23.8 Å². The molecule has 0 saturated heterocycles. The van der Waals surface area contributed by atoms with E-state index >= 15 is 0 Å². The SMILES string of the molecule is Cc1ccc(NC(=S)C(=C([O-])c2ccccc2Cl)[n+]2cccc(C)c2)cc1. The highest BCUT2D eigenvalue weighted by molar-refractivity contribution is 7.81. The fourth-order valence-electron chi connectivity index (χ4n) is 2.67. The Hall–Kier alpha value is -2.69. The summed E-state index contributed by atoms with van der Waals surface area (Å²) in [4.78, 5) is 0.333. The lowest BCUT2D eigenvalue weighted by Crippen LogP contribution is -2.40. The summed E-state index contributed by atoms with van der Waals surface area (Å²) in [5.41, 5.74) is 3.75. The van der Waals surface area contributed by atoms with Gasteiger partial charge < -0.3 is 10.4 Å². The molecule has 0 aliphatic carbocycles. The Morgan fingerprint density at radius 1 is 0.963 bits per heavy atom. The van der Waals surface area contributed by atoms with Crippen LogP contribution in [0.2, 0.25) is 5.02 Å². The molecule has 136 valence electrons. The zero-order valence-corrected chi connectivity index (χ0v) is 16.6. The molecule has 0 amide bonds. The van der Waals surface area contributed by atoms with Crippen molar-refractivity contribution in [2.75, 3.05) is 5.32 Å². The zero-order valence-electron chi connectivity index (χ0n) is 15.1. The minimum absolute atomic E-state index is 0.235. The molecule has 1 N–H and O–H groups in total. The summed E-state index contributed by atoms with van der Waals surface area (Å²) in [6, 6.07) is 18.7. The predicted octanol–water partition coefficient (Wildman–Crippen LogP) is 4.37. The highest BCUT2D eigenvalue weighted by Gasteiger charge is 2.20. The summed E-state index contributed by atoms with van der Waals surface area (Å²) in [5.74, 6) is -0.235. The Morgan fingerprint density at radius 2 is 1.67 bits per heavy atom. The second kappa shape index (κ2) is 8.33. The summed E-state index contributed by atoms with van der Waals surface area (Å²) < 4.78 is 1.74. The van der Waals surface area contributed by atoms with Gasteiger partial charge in [0.05, 0.1) is 0 Å². The number of anilines is 1. The van der Waals surface area contributed by atoms with Crippen LogP contribution in [0, 0.1) is 13.8 Å². The largest absolute Gasteiger partial charge is 0.867 e. The van der Waals surface area contributed by atoms with Crippen LogP contribution in [0.1, 0.15) is 16.7 Å². The van der Waals surface area contributed by atoms with Gasteiger partial charge in [-0.3, -0.25) is 0 Å². The minimum atomic E-state index is -0.235. The van der Waals surface area contributed by atoms with Crippen LogP contribution in [0.15, 0.2) is 73.1 Å². The van der Waals surface area contributed by atoms with E-state index in [1.54, 1.807) is 35.0 Å². The Kier molecular flexibility index (Phi) is 5.89. The Bertz CT molecular complexity index is 1010. The Morgan fingerprint density at radius 3 is 2.33 bits per heavy atom. The minimum Gasteiger partial charge on any atom is -0.867 e. The topological polar surface area (TPSA) is 39.0 Å². The summed E-state index contributed by atoms with van der Waals surface area (Å²) in [5, 5.41) is 16.9. The van der Waals surface area contributed by atoms with E-state index in [2.05, 4.69) is 5.32 Å². The third-order valence-corrected chi connectivity index (χ3v) is 4.69. The number of hydrogen-bond donors (Lipinski definition) is 1. The van der Waals surface area contributed by atoms with E-state index in [1.807, 2.05) is 56.4 Å². The second-order valence-electron chi connectivity index (χ2n) is 6.27. The van der Waals surface area contributed by atoms with Crippen molar-refractivity contribution in [1.82, 2.24) is 0 Å². The number of nitrogens with one attached hydrogen (secondary N) is 1. The number of halogens is 1. The van der Waals surface area contributed by atoms with Crippen LogP contribution in [0.3, 0.4) is 0 Å². The number of pyridine rings is 1. The molecule has 0 radical (unpaired) electrons. The van der Waals surface area contributed by atoms with E-state index in [1.165, 1.54) is 0 Å². The maximum Gasteiger partial charge on any atom is 0.238 e. The first kappa shape index (κ1) is 19.1. The number of benzene rings is 2. The van der Waals surface area contributed by atoms with Crippen LogP contribution in [0.5, 0.6) is 0 Å². The molecular weight excluding hydrogens is 376 g/mol. The van der Waals surface area contributed by atoms with Crippen molar-refractivity contribution in [2.45, 2.75) is 13.8 Å². The van der Waals surface area contributed by atoms with Gasteiger partial charge in [-0.05, 0) is 49.4 Å². The average molecular weight is 395 g/mol. The molecule has 3 rings (SSSR count). The van der Waals surface area contributed by atoms with Gasteiger partial charge in [0.25, 0.3) is 0 Å². The summed E-state index contributed by atoms with van der Waals surface area (Å²) in [6.07, 6.45) is 3.67. The highest BCUT2D eigenvalue weighted by Crippen LogP contribution is 2.23. The average Bonchev–Trinajstić information content (AvgIpc) is 2.64. The van der Waals surface area contributed by atoms with E-state index in [9.17, 15) is 5.11 Å². The molecule has 0 saturated carbocycles. The molecule has 1 aromatic heterocycles. The molecule has 0 spiro atoms. The molecule has 0 unspecified atom stereocenters. The van der Waals surface area contributed by atoms with Crippen LogP contribution in [0.25, 0.3) is 11.5 Å². The lowest BCUT2D eigenvalue weighted by Gasteiger charge is -2.18. The van der Waals surface area contributed by atoms with Crippen molar-refractivity contribution in [3.05, 3.63) is 94.8 Å². The molecule has 27 heavy (non-hydrogen) atoms. The first-order valence-electron chi connectivity index (χ1n) is 8.48. The van der Waals surface area contributed by atoms with E-state index in [0.717, 1.165) is 16.8 Å². The van der Waals surface area contributed by atoms with Gasteiger partial charge in [0.1, 0.15) is 0 Å². The first-order valence-corrected chi connectivity index (χ1v) is 9.27. The molecule has 3 nitrogen and oxygen atoms in total. The monoisotopic (exact) mass is 394 g/mol. The Balaban J connectivity index is 2.10. The third-order valence-electron chi connectivity index (χ3n) is 4.06. The van der Waals surface area contributed by atoms with Crippen molar-refractivity contribution in [3.8, 4) is 0 Å². The highest BCUT2D eigenvalue weighted by atomic mass is 35.5. The molecule has 0 bridgehead atoms. The molecule has 0 aliphatic heterocycles. The quantitative estimate of drug-likeness (QED) is 0.309. The summed E-state index contributed by atoms with van der Waals surface area (Å²) in [6.45, 7) is 3.98. The zero-order chi connectivity index (χ0) is 19.4. The van der Waals surface area contributed by atoms with Crippen LogP contribution in [-0.2, 0) is 0 Å². The fraction of sp³-hybridized carbons (Fsp3) is 0.0909. The van der Waals surface area contributed by atoms with E-state index in [-0.39, 0.29) is 5.76 Å². The van der Waals surface area contributed by atoms with Gasteiger partial charge >= 0.3 is 0 Å². The van der Waals surface area contributed by atoms with Gasteiger partial charge in [-0.25, -0.2) is 0 Å². The maximum atomic E-state index is 13.3. The molecule has 0 fully saturated rings. The smallest absolute Gasteiger partial charge is 0.238 e. The number of nitrogens with zero attached hydrogens (tertiary/aromatic N) is 1. The number of aryl methyl sites for hydroxylation is 2. The first-order chi connectivity index (χ1) is 13.0. The molecule has 5 heteroatoms. The van der Waals surface area contributed by atoms with E-state index < -0.39 is 0 Å². The van der Waals surface area contributed by atoms with Crippen LogP contribution >= 0.6 is 23.8 Å². The molecule has 0 aliphatic rings. The number of thiocarbonyl (C=S) groups is 1. The lowest BCUT2D eigenvalue weighted by atomic mass is 10.1. The standard InChI is InChI=1S/C22H19ClN2OS/c1-15-9-11-17(12-10-15)24-22(27)20(25-13-5-6-16(2)14-25)21(26)18-7-3-4-8-19(18)23/h3-14H,1-2H3,(H-,24,26,27). The van der Waals surface area contributed by atoms with Gasteiger partial charge in [-0.2, -0.15) is 4.57 Å². The van der Waals surface area contributed by atoms with Crippen LogP contribution in [0.4, 0.5) is 5.69 Å². The normalized spacial score (nSPS) is 11.7. The predicted molar refractivity (Wildman–Crippen MR) is 113 cm³/mol. The van der Waals surface area contributed by atoms with Gasteiger partial charge in [0.15, 0.2) is 17.4 Å². The van der Waals surface area contributed by atoms with Gasteiger partial charge in [0.2, 0.25) is 5.70 Å². The lowest BCUT2D eigenvalue weighted by molar-refractivity contribution is -0.578. The molecule has 2 aromatic carbocycles. The van der Waals surface area contributed by atoms with Gasteiger partial charge in [-0.1, -0.05) is 59.7 Å². The number of rotatable bonds is 4. The second-order valence-corrected chi connectivity index (χ2v) is 7.08. The summed E-state index contributed by atoms with van der Waals surface area (Å²) >= 11 is 11.9. The van der Waals surface area contributed by atoms with Crippen LogP contribution < -0.4 is 15.0 Å². The summed E-state index contributed by atoms with van der Waals surface area (Å²) in [7, 11) is 0. The number of aromatic nitrogens is 1. The fourth-order valence-corrected chi connectivity index (χ4v) is 3.21. The van der Waals surface area contributed by atoms with Crippen molar-refractivity contribution in [2.24, 2.45) is 0 Å². The van der Waals surface area contributed by atoms with Gasteiger partial charge in [0, 0.05) is 22.3 Å². The van der Waals surface area contributed by atoms with Crippen molar-refractivity contribution in [1.29, 1.82) is 0 Å².